The van der Waals surface area contributed by atoms with E-state index in [0.717, 1.165) is 21.3 Å². The van der Waals surface area contributed by atoms with Crippen LogP contribution >= 0.6 is 0 Å². The summed E-state index contributed by atoms with van der Waals surface area (Å²) in [6, 6.07) is 0. The van der Waals surface area contributed by atoms with Gasteiger partial charge in [-0.2, -0.15) is 0 Å². The van der Waals surface area contributed by atoms with Gasteiger partial charge in [0.2, 0.25) is 0 Å². The molecule has 0 aliphatic heterocycles. The van der Waals surface area contributed by atoms with Crippen LogP contribution in [0.15, 0.2) is 0 Å². The molecule has 0 spiro atoms. The van der Waals surface area contributed by atoms with Crippen molar-refractivity contribution in [3.05, 3.63) is 0 Å². The average Bonchev–Trinajstić information content (AvgIpc) is 2.02. The molecule has 0 amide bonds. The first-order chi connectivity index (χ1) is 6.52. The molecule has 0 aliphatic rings. The number of rotatable bonds is 8. The third kappa shape index (κ3) is 10.5. The fourth-order valence-electron chi connectivity index (χ4n) is 1.66. The Hall–Kier alpha value is 0.463. The summed E-state index contributed by atoms with van der Waals surface area (Å²) in [5, 5.41) is 0. The molecule has 0 fully saturated rings. The van der Waals surface area contributed by atoms with Crippen LogP contribution < -0.4 is 0 Å². The first kappa shape index (κ1) is 14.5. The Morgan fingerprint density at radius 3 is 1.50 bits per heavy atom. The molecule has 0 rings (SSSR count). The Morgan fingerprint density at radius 2 is 1.21 bits per heavy atom. The van der Waals surface area contributed by atoms with Crippen molar-refractivity contribution < 1.29 is 0 Å². The standard InChI is InChI=1S/C11H28GeN2/c1-13(2)9-5-7-11(12)8-6-10-14(3)4/h11H,5-10H2,1-4,12H3. The summed E-state index contributed by atoms with van der Waals surface area (Å²) in [4.78, 5) is 4.58. The number of nitrogens with zero attached hydrogens (tertiary/aromatic N) is 2. The van der Waals surface area contributed by atoms with Crippen LogP contribution in [0.2, 0.25) is 4.75 Å². The van der Waals surface area contributed by atoms with Gasteiger partial charge in [-0.15, -0.1) is 0 Å². The van der Waals surface area contributed by atoms with Gasteiger partial charge in [0, 0.05) is 0 Å². The van der Waals surface area contributed by atoms with Crippen molar-refractivity contribution in [2.75, 3.05) is 41.3 Å². The fourth-order valence-corrected chi connectivity index (χ4v) is 3.37. The SMILES string of the molecule is CN(C)CCC[CH]([GeH3])CCCN(C)C. The summed E-state index contributed by atoms with van der Waals surface area (Å²) >= 11 is 1.02. The van der Waals surface area contributed by atoms with Crippen LogP contribution in [0.4, 0.5) is 0 Å². The Bertz CT molecular complexity index is 112. The third-order valence-corrected chi connectivity index (χ3v) is 5.03. The summed E-state index contributed by atoms with van der Waals surface area (Å²) in [6.45, 7) is 2.53. The van der Waals surface area contributed by atoms with Gasteiger partial charge >= 0.3 is 98.0 Å². The van der Waals surface area contributed by atoms with Crippen LogP contribution in [-0.4, -0.2) is 67.6 Å². The van der Waals surface area contributed by atoms with E-state index in [1.165, 1.54) is 38.8 Å². The second-order valence-corrected chi connectivity index (χ2v) is 8.42. The van der Waals surface area contributed by atoms with Gasteiger partial charge in [-0.25, -0.2) is 0 Å². The third-order valence-electron chi connectivity index (χ3n) is 2.60. The second-order valence-electron chi connectivity index (χ2n) is 5.00. The molecule has 0 atom stereocenters. The fraction of sp³-hybridized carbons (Fsp3) is 1.00. The van der Waals surface area contributed by atoms with E-state index >= 15 is 0 Å². The van der Waals surface area contributed by atoms with Gasteiger partial charge in [0.05, 0.1) is 0 Å². The molecule has 0 unspecified atom stereocenters. The topological polar surface area (TPSA) is 6.48 Å². The van der Waals surface area contributed by atoms with Gasteiger partial charge in [0.25, 0.3) is 0 Å². The molecule has 0 radical (unpaired) electrons. The molecule has 0 aromatic rings. The Morgan fingerprint density at radius 1 is 0.857 bits per heavy atom. The van der Waals surface area contributed by atoms with Crippen molar-refractivity contribution in [2.45, 2.75) is 30.4 Å². The molecule has 86 valence electrons. The molecule has 0 aromatic carbocycles. The molecule has 0 aliphatic carbocycles. The average molecular weight is 261 g/mol. The summed E-state index contributed by atoms with van der Waals surface area (Å²) in [5.74, 6) is 0. The second kappa shape index (κ2) is 8.75. The minimum absolute atomic E-state index is 1.02. The van der Waals surface area contributed by atoms with Crippen molar-refractivity contribution in [1.29, 1.82) is 0 Å². The molecular formula is C11H28GeN2. The predicted molar refractivity (Wildman–Crippen MR) is 69.3 cm³/mol. The van der Waals surface area contributed by atoms with Crippen LogP contribution in [0, 0.1) is 0 Å². The molecule has 0 saturated heterocycles. The summed E-state index contributed by atoms with van der Waals surface area (Å²) in [5.41, 5.74) is 0. The van der Waals surface area contributed by atoms with Crippen molar-refractivity contribution >= 4 is 16.5 Å². The molecule has 0 heterocycles. The molecule has 3 heteroatoms. The van der Waals surface area contributed by atoms with Crippen molar-refractivity contribution in [2.24, 2.45) is 0 Å². The van der Waals surface area contributed by atoms with E-state index in [2.05, 4.69) is 38.0 Å². The van der Waals surface area contributed by atoms with Crippen LogP contribution in [0.25, 0.3) is 0 Å². The molecule has 14 heavy (non-hydrogen) atoms. The van der Waals surface area contributed by atoms with Gasteiger partial charge in [-0.3, -0.25) is 0 Å². The van der Waals surface area contributed by atoms with Crippen LogP contribution in [0.5, 0.6) is 0 Å². The maximum absolute atomic E-state index is 2.29. The van der Waals surface area contributed by atoms with E-state index in [-0.39, 0.29) is 0 Å². The first-order valence-electron chi connectivity index (χ1n) is 5.82. The van der Waals surface area contributed by atoms with Crippen LogP contribution in [0.1, 0.15) is 25.7 Å². The van der Waals surface area contributed by atoms with Crippen molar-refractivity contribution in [1.82, 2.24) is 9.80 Å². The summed E-state index contributed by atoms with van der Waals surface area (Å²) in [6.07, 6.45) is 5.71. The van der Waals surface area contributed by atoms with Crippen molar-refractivity contribution in [3.8, 4) is 0 Å². The Labute approximate surface area is 98.3 Å². The predicted octanol–water partition coefficient (Wildman–Crippen LogP) is 0.824. The number of hydrogen-bond acceptors (Lipinski definition) is 2. The summed E-state index contributed by atoms with van der Waals surface area (Å²) < 4.78 is 1.09. The quantitative estimate of drug-likeness (QED) is 0.597. The molecule has 0 aromatic heterocycles. The van der Waals surface area contributed by atoms with Gasteiger partial charge in [-0.05, 0) is 0 Å². The van der Waals surface area contributed by atoms with Gasteiger partial charge in [-0.1, -0.05) is 0 Å². The molecule has 0 saturated carbocycles. The zero-order valence-electron chi connectivity index (χ0n) is 10.7. The van der Waals surface area contributed by atoms with E-state index in [4.69, 9.17) is 0 Å². The normalized spacial score (nSPS) is 12.2. The molecule has 2 nitrogen and oxygen atoms in total. The van der Waals surface area contributed by atoms with Crippen LogP contribution in [0.3, 0.4) is 0 Å². The van der Waals surface area contributed by atoms with E-state index in [0.29, 0.717) is 0 Å². The minimum atomic E-state index is 1.02. The van der Waals surface area contributed by atoms with Gasteiger partial charge in [0.1, 0.15) is 0 Å². The zero-order valence-corrected chi connectivity index (χ0v) is 14.9. The summed E-state index contributed by atoms with van der Waals surface area (Å²) in [7, 11) is 8.66. The van der Waals surface area contributed by atoms with Crippen molar-refractivity contribution in [3.63, 3.8) is 0 Å². The van der Waals surface area contributed by atoms with Gasteiger partial charge in [0.15, 0.2) is 0 Å². The van der Waals surface area contributed by atoms with E-state index in [1.807, 2.05) is 0 Å². The van der Waals surface area contributed by atoms with E-state index in [1.54, 1.807) is 0 Å². The zero-order chi connectivity index (χ0) is 11.0. The Kier molecular flexibility index (Phi) is 9.03. The Balaban J connectivity index is 3.23. The number of hydrogen-bond donors (Lipinski definition) is 0. The van der Waals surface area contributed by atoms with E-state index in [9.17, 15) is 0 Å². The first-order valence-corrected chi connectivity index (χ1v) is 8.24. The van der Waals surface area contributed by atoms with E-state index < -0.39 is 0 Å². The monoisotopic (exact) mass is 262 g/mol. The molecule has 0 bridgehead atoms. The molecular weight excluding hydrogens is 233 g/mol. The maximum atomic E-state index is 2.29. The molecule has 0 N–H and O–H groups in total. The van der Waals surface area contributed by atoms with Crippen LogP contribution in [-0.2, 0) is 0 Å². The van der Waals surface area contributed by atoms with Gasteiger partial charge < -0.3 is 0 Å².